The summed E-state index contributed by atoms with van der Waals surface area (Å²) in [6.07, 6.45) is 0.679. The van der Waals surface area contributed by atoms with E-state index in [1.54, 1.807) is 22.5 Å². The molecule has 2 heterocycles. The number of anilines is 1. The maximum Gasteiger partial charge on any atom is 0.416 e. The molecule has 23 heavy (non-hydrogen) atoms. The van der Waals surface area contributed by atoms with E-state index in [-0.39, 0.29) is 0 Å². The molecule has 0 amide bonds. The van der Waals surface area contributed by atoms with Crippen LogP contribution in [0.3, 0.4) is 0 Å². The largest absolute Gasteiger partial charge is 0.416 e. The molecule has 1 aliphatic heterocycles. The first-order chi connectivity index (χ1) is 11.0. The van der Waals surface area contributed by atoms with Crippen LogP contribution in [0.4, 0.5) is 19.0 Å². The number of hydrogen-bond acceptors (Lipinski definition) is 3. The number of thioether (sulfide) groups is 1. The standard InChI is InChI=1S/C16H18F3N3S/c1-23-10-14-13-7-2-3-8-20-15(13)22(21-14)12-6-4-5-11(9-12)16(17,18)19/h4-6,9,20H,2-3,7-8,10H2,1H3. The van der Waals surface area contributed by atoms with E-state index in [4.69, 9.17) is 0 Å². The van der Waals surface area contributed by atoms with Gasteiger partial charge in [0.15, 0.2) is 0 Å². The molecule has 1 aliphatic rings. The SMILES string of the molecule is CSCc1nn(-c2cccc(C(F)(F)F)c2)c2c1CCCCN2. The zero-order valence-electron chi connectivity index (χ0n) is 12.8. The highest BCUT2D eigenvalue weighted by Gasteiger charge is 2.31. The summed E-state index contributed by atoms with van der Waals surface area (Å²) in [7, 11) is 0. The highest BCUT2D eigenvalue weighted by molar-refractivity contribution is 7.97. The summed E-state index contributed by atoms with van der Waals surface area (Å²) in [5.41, 5.74) is 1.88. The van der Waals surface area contributed by atoms with Gasteiger partial charge in [0.05, 0.1) is 16.9 Å². The molecular weight excluding hydrogens is 323 g/mol. The molecule has 124 valence electrons. The molecule has 0 aliphatic carbocycles. The quantitative estimate of drug-likeness (QED) is 0.891. The number of rotatable bonds is 3. The second-order valence-electron chi connectivity index (χ2n) is 5.55. The Labute approximate surface area is 137 Å². The number of hydrogen-bond donors (Lipinski definition) is 1. The van der Waals surface area contributed by atoms with Crippen molar-refractivity contribution in [1.82, 2.24) is 9.78 Å². The molecule has 0 saturated heterocycles. The van der Waals surface area contributed by atoms with Crippen LogP contribution >= 0.6 is 11.8 Å². The number of halogens is 3. The molecule has 1 aromatic heterocycles. The molecule has 3 rings (SSSR count). The van der Waals surface area contributed by atoms with Gasteiger partial charge < -0.3 is 5.32 Å². The van der Waals surface area contributed by atoms with Crippen molar-refractivity contribution in [1.29, 1.82) is 0 Å². The Hall–Kier alpha value is -1.63. The van der Waals surface area contributed by atoms with E-state index in [0.29, 0.717) is 5.69 Å². The number of nitrogens with one attached hydrogen (secondary N) is 1. The lowest BCUT2D eigenvalue weighted by molar-refractivity contribution is -0.137. The number of fused-ring (bicyclic) bond motifs is 1. The molecule has 1 N–H and O–H groups in total. The Kier molecular flexibility index (Phi) is 4.57. The Balaban J connectivity index is 2.09. The van der Waals surface area contributed by atoms with Gasteiger partial charge in [-0.25, -0.2) is 4.68 Å². The molecule has 0 saturated carbocycles. The van der Waals surface area contributed by atoms with E-state index < -0.39 is 11.7 Å². The summed E-state index contributed by atoms with van der Waals surface area (Å²) >= 11 is 1.67. The summed E-state index contributed by atoms with van der Waals surface area (Å²) in [6, 6.07) is 5.33. The average Bonchev–Trinajstić information content (AvgIpc) is 2.70. The highest BCUT2D eigenvalue weighted by Crippen LogP contribution is 2.33. The molecule has 0 radical (unpaired) electrons. The van der Waals surface area contributed by atoms with Gasteiger partial charge in [-0.15, -0.1) is 0 Å². The van der Waals surface area contributed by atoms with Crippen molar-refractivity contribution in [3.8, 4) is 5.69 Å². The first-order valence-electron chi connectivity index (χ1n) is 7.52. The minimum atomic E-state index is -4.35. The van der Waals surface area contributed by atoms with Gasteiger partial charge in [-0.3, -0.25) is 0 Å². The van der Waals surface area contributed by atoms with E-state index in [1.807, 2.05) is 6.26 Å². The smallest absolute Gasteiger partial charge is 0.370 e. The van der Waals surface area contributed by atoms with E-state index in [2.05, 4.69) is 10.4 Å². The third kappa shape index (κ3) is 3.34. The average molecular weight is 341 g/mol. The van der Waals surface area contributed by atoms with Crippen molar-refractivity contribution >= 4 is 17.6 Å². The van der Waals surface area contributed by atoms with Gasteiger partial charge in [0.1, 0.15) is 5.82 Å². The summed E-state index contributed by atoms with van der Waals surface area (Å²) in [5, 5.41) is 7.92. The lowest BCUT2D eigenvalue weighted by atomic mass is 10.1. The van der Waals surface area contributed by atoms with Gasteiger partial charge in [0, 0.05) is 17.9 Å². The van der Waals surface area contributed by atoms with Crippen LogP contribution in [0.25, 0.3) is 5.69 Å². The fourth-order valence-electron chi connectivity index (χ4n) is 2.83. The molecule has 1 aromatic carbocycles. The van der Waals surface area contributed by atoms with Crippen molar-refractivity contribution in [2.24, 2.45) is 0 Å². The first-order valence-corrected chi connectivity index (χ1v) is 8.91. The second kappa shape index (κ2) is 6.47. The Morgan fingerprint density at radius 2 is 2.13 bits per heavy atom. The van der Waals surface area contributed by atoms with Crippen molar-refractivity contribution in [3.05, 3.63) is 41.1 Å². The van der Waals surface area contributed by atoms with Gasteiger partial charge in [-0.1, -0.05) is 6.07 Å². The minimum Gasteiger partial charge on any atom is -0.370 e. The van der Waals surface area contributed by atoms with Gasteiger partial charge in [0.2, 0.25) is 0 Å². The normalized spacial score (nSPS) is 15.0. The van der Waals surface area contributed by atoms with Crippen LogP contribution in [-0.4, -0.2) is 22.6 Å². The maximum atomic E-state index is 13.0. The van der Waals surface area contributed by atoms with E-state index in [9.17, 15) is 13.2 Å². The monoisotopic (exact) mass is 341 g/mol. The zero-order valence-corrected chi connectivity index (χ0v) is 13.6. The van der Waals surface area contributed by atoms with E-state index >= 15 is 0 Å². The molecule has 0 unspecified atom stereocenters. The van der Waals surface area contributed by atoms with Crippen LogP contribution in [-0.2, 0) is 18.3 Å². The van der Waals surface area contributed by atoms with Gasteiger partial charge in [-0.05, 0) is 43.7 Å². The predicted molar refractivity (Wildman–Crippen MR) is 87.2 cm³/mol. The molecule has 0 fully saturated rings. The fraction of sp³-hybridized carbons (Fsp3) is 0.438. The van der Waals surface area contributed by atoms with Crippen molar-refractivity contribution < 1.29 is 13.2 Å². The summed E-state index contributed by atoms with van der Waals surface area (Å²) in [6.45, 7) is 0.816. The number of alkyl halides is 3. The van der Waals surface area contributed by atoms with E-state index in [0.717, 1.165) is 60.8 Å². The molecule has 7 heteroatoms. The van der Waals surface area contributed by atoms with Crippen molar-refractivity contribution in [2.45, 2.75) is 31.2 Å². The highest BCUT2D eigenvalue weighted by atomic mass is 32.2. The molecular formula is C16H18F3N3S. The van der Waals surface area contributed by atoms with Crippen LogP contribution in [0.2, 0.25) is 0 Å². The van der Waals surface area contributed by atoms with Gasteiger partial charge in [-0.2, -0.15) is 30.0 Å². The lowest BCUT2D eigenvalue weighted by Crippen LogP contribution is -2.09. The fourth-order valence-corrected chi connectivity index (χ4v) is 3.33. The minimum absolute atomic E-state index is 0.442. The Morgan fingerprint density at radius 3 is 2.87 bits per heavy atom. The maximum absolute atomic E-state index is 13.0. The van der Waals surface area contributed by atoms with Crippen LogP contribution in [0.1, 0.15) is 29.7 Å². The topological polar surface area (TPSA) is 29.9 Å². The zero-order chi connectivity index (χ0) is 16.4. The summed E-state index contributed by atoms with van der Waals surface area (Å²) in [5.74, 6) is 1.60. The Morgan fingerprint density at radius 1 is 1.30 bits per heavy atom. The molecule has 0 spiro atoms. The number of benzene rings is 1. The summed E-state index contributed by atoms with van der Waals surface area (Å²) in [4.78, 5) is 0. The lowest BCUT2D eigenvalue weighted by Gasteiger charge is -2.12. The van der Waals surface area contributed by atoms with Gasteiger partial charge >= 0.3 is 6.18 Å². The predicted octanol–water partition coefficient (Wildman–Crippen LogP) is 4.50. The Bertz CT molecular complexity index is 694. The number of aromatic nitrogens is 2. The second-order valence-corrected chi connectivity index (χ2v) is 6.42. The molecule has 0 atom stereocenters. The van der Waals surface area contributed by atoms with Crippen LogP contribution in [0.5, 0.6) is 0 Å². The van der Waals surface area contributed by atoms with Crippen molar-refractivity contribution in [2.75, 3.05) is 18.1 Å². The number of nitrogens with zero attached hydrogens (tertiary/aromatic N) is 2. The first kappa shape index (κ1) is 16.2. The molecule has 2 aromatic rings. The van der Waals surface area contributed by atoms with Gasteiger partial charge in [0.25, 0.3) is 0 Å². The third-order valence-electron chi connectivity index (χ3n) is 3.91. The molecule has 3 nitrogen and oxygen atoms in total. The van der Waals surface area contributed by atoms with E-state index in [1.165, 1.54) is 6.07 Å². The summed E-state index contributed by atoms with van der Waals surface area (Å²) < 4.78 is 40.5. The molecule has 0 bridgehead atoms. The van der Waals surface area contributed by atoms with Crippen molar-refractivity contribution in [3.63, 3.8) is 0 Å². The van der Waals surface area contributed by atoms with Crippen LogP contribution in [0.15, 0.2) is 24.3 Å². The van der Waals surface area contributed by atoms with Crippen LogP contribution < -0.4 is 5.32 Å². The van der Waals surface area contributed by atoms with Crippen LogP contribution in [0, 0.1) is 0 Å². The third-order valence-corrected chi connectivity index (χ3v) is 4.47.